The fourth-order valence-electron chi connectivity index (χ4n) is 1.71. The molecule has 1 aromatic carbocycles. The van der Waals surface area contributed by atoms with E-state index in [1.54, 1.807) is 7.11 Å². The van der Waals surface area contributed by atoms with Crippen LogP contribution in [0.15, 0.2) is 34.1 Å². The van der Waals surface area contributed by atoms with Gasteiger partial charge in [-0.15, -0.1) is 11.3 Å². The number of aliphatic hydroxyl groups excluding tert-OH is 1. The SMILES string of the molecule is CCOc1ccc(C(O)c2cc(OC)cs2)cc1Br. The smallest absolute Gasteiger partial charge is 0.133 e. The van der Waals surface area contributed by atoms with Crippen LogP contribution in [0.2, 0.25) is 0 Å². The first kappa shape index (κ1) is 14.4. The topological polar surface area (TPSA) is 38.7 Å². The molecular formula is C14H15BrO3S. The molecule has 5 heteroatoms. The van der Waals surface area contributed by atoms with Gasteiger partial charge < -0.3 is 14.6 Å². The summed E-state index contributed by atoms with van der Waals surface area (Å²) in [6, 6.07) is 7.45. The predicted octanol–water partition coefficient (Wildman–Crippen LogP) is 4.00. The Morgan fingerprint density at radius 3 is 2.74 bits per heavy atom. The van der Waals surface area contributed by atoms with Crippen LogP contribution in [0.1, 0.15) is 23.5 Å². The molecule has 102 valence electrons. The first-order valence-corrected chi connectivity index (χ1v) is 7.55. The van der Waals surface area contributed by atoms with Crippen LogP contribution in [0.4, 0.5) is 0 Å². The Balaban J connectivity index is 2.23. The van der Waals surface area contributed by atoms with Crippen molar-refractivity contribution in [2.75, 3.05) is 13.7 Å². The summed E-state index contributed by atoms with van der Waals surface area (Å²) < 4.78 is 11.4. The molecule has 19 heavy (non-hydrogen) atoms. The van der Waals surface area contributed by atoms with Gasteiger partial charge in [0.1, 0.15) is 17.6 Å². The quantitative estimate of drug-likeness (QED) is 0.892. The molecule has 0 saturated heterocycles. The molecule has 0 bridgehead atoms. The Hall–Kier alpha value is -1.04. The highest BCUT2D eigenvalue weighted by molar-refractivity contribution is 9.10. The van der Waals surface area contributed by atoms with Gasteiger partial charge >= 0.3 is 0 Å². The number of hydrogen-bond acceptors (Lipinski definition) is 4. The summed E-state index contributed by atoms with van der Waals surface area (Å²) >= 11 is 4.93. The molecule has 0 aliphatic heterocycles. The van der Waals surface area contributed by atoms with Gasteiger partial charge in [-0.2, -0.15) is 0 Å². The fraction of sp³-hybridized carbons (Fsp3) is 0.286. The third-order valence-electron chi connectivity index (χ3n) is 2.67. The monoisotopic (exact) mass is 342 g/mol. The molecule has 0 aliphatic rings. The summed E-state index contributed by atoms with van der Waals surface area (Å²) in [5.74, 6) is 1.55. The Bertz CT molecular complexity index is 553. The average Bonchev–Trinajstić information content (AvgIpc) is 2.89. The van der Waals surface area contributed by atoms with Gasteiger partial charge in [-0.3, -0.25) is 0 Å². The van der Waals surface area contributed by atoms with Crippen molar-refractivity contribution < 1.29 is 14.6 Å². The summed E-state index contributed by atoms with van der Waals surface area (Å²) in [4.78, 5) is 0.855. The first-order valence-electron chi connectivity index (χ1n) is 5.88. The average molecular weight is 343 g/mol. The summed E-state index contributed by atoms with van der Waals surface area (Å²) in [5.41, 5.74) is 0.819. The molecule has 0 radical (unpaired) electrons. The van der Waals surface area contributed by atoms with E-state index in [0.29, 0.717) is 6.61 Å². The minimum atomic E-state index is -0.652. The molecule has 2 aromatic rings. The second-order valence-corrected chi connectivity index (χ2v) is 5.71. The predicted molar refractivity (Wildman–Crippen MR) is 80.2 cm³/mol. The molecule has 1 N–H and O–H groups in total. The number of hydrogen-bond donors (Lipinski definition) is 1. The molecule has 1 aromatic heterocycles. The van der Waals surface area contributed by atoms with Gasteiger partial charge in [-0.05, 0) is 46.6 Å². The van der Waals surface area contributed by atoms with Crippen molar-refractivity contribution in [1.29, 1.82) is 0 Å². The Morgan fingerprint density at radius 2 is 2.16 bits per heavy atom. The van der Waals surface area contributed by atoms with Gasteiger partial charge in [-0.25, -0.2) is 0 Å². The van der Waals surface area contributed by atoms with Gasteiger partial charge in [-0.1, -0.05) is 6.07 Å². The number of benzene rings is 1. The Kier molecular flexibility index (Phi) is 4.85. The Morgan fingerprint density at radius 1 is 1.37 bits per heavy atom. The zero-order valence-corrected chi connectivity index (χ0v) is 13.1. The van der Waals surface area contributed by atoms with E-state index in [-0.39, 0.29) is 0 Å². The lowest BCUT2D eigenvalue weighted by atomic mass is 10.1. The van der Waals surface area contributed by atoms with Crippen LogP contribution >= 0.6 is 27.3 Å². The third-order valence-corrected chi connectivity index (χ3v) is 4.26. The van der Waals surface area contributed by atoms with E-state index >= 15 is 0 Å². The van der Waals surface area contributed by atoms with Crippen LogP contribution in [0.25, 0.3) is 0 Å². The number of rotatable bonds is 5. The number of methoxy groups -OCH3 is 1. The highest BCUT2D eigenvalue weighted by Crippen LogP contribution is 2.34. The van der Waals surface area contributed by atoms with E-state index in [2.05, 4.69) is 15.9 Å². The van der Waals surface area contributed by atoms with E-state index in [1.807, 2.05) is 36.6 Å². The normalized spacial score (nSPS) is 12.2. The van der Waals surface area contributed by atoms with Gasteiger partial charge in [0, 0.05) is 10.3 Å². The van der Waals surface area contributed by atoms with Crippen LogP contribution in [0, 0.1) is 0 Å². The summed E-state index contributed by atoms with van der Waals surface area (Å²) in [5, 5.41) is 12.2. The molecule has 0 amide bonds. The van der Waals surface area contributed by atoms with E-state index in [4.69, 9.17) is 9.47 Å². The molecule has 0 fully saturated rings. The van der Waals surface area contributed by atoms with E-state index < -0.39 is 6.10 Å². The van der Waals surface area contributed by atoms with Crippen molar-refractivity contribution in [3.05, 3.63) is 44.6 Å². The molecule has 0 saturated carbocycles. The van der Waals surface area contributed by atoms with Gasteiger partial charge in [0.05, 0.1) is 18.2 Å². The number of aliphatic hydroxyl groups is 1. The number of ether oxygens (including phenoxy) is 2. The second kappa shape index (κ2) is 6.41. The molecular weight excluding hydrogens is 328 g/mol. The number of thiophene rings is 1. The summed E-state index contributed by atoms with van der Waals surface area (Å²) in [6.45, 7) is 2.55. The van der Waals surface area contributed by atoms with Crippen LogP contribution in [-0.2, 0) is 0 Å². The summed E-state index contributed by atoms with van der Waals surface area (Å²) in [6.07, 6.45) is -0.652. The van der Waals surface area contributed by atoms with Gasteiger partial charge in [0.25, 0.3) is 0 Å². The van der Waals surface area contributed by atoms with Gasteiger partial charge in [0.2, 0.25) is 0 Å². The van der Waals surface area contributed by atoms with Gasteiger partial charge in [0.15, 0.2) is 0 Å². The lowest BCUT2D eigenvalue weighted by Crippen LogP contribution is -1.99. The third kappa shape index (κ3) is 3.29. The van der Waals surface area contributed by atoms with Crippen molar-refractivity contribution in [2.45, 2.75) is 13.0 Å². The van der Waals surface area contributed by atoms with Crippen molar-refractivity contribution in [2.24, 2.45) is 0 Å². The van der Waals surface area contributed by atoms with E-state index in [9.17, 15) is 5.11 Å². The largest absolute Gasteiger partial charge is 0.496 e. The standard InChI is InChI=1S/C14H15BrO3S/c1-3-18-12-5-4-9(6-11(12)15)14(16)13-7-10(17-2)8-19-13/h4-8,14,16H,3H2,1-2H3. The molecule has 0 spiro atoms. The van der Waals surface area contributed by atoms with Crippen LogP contribution < -0.4 is 9.47 Å². The lowest BCUT2D eigenvalue weighted by Gasteiger charge is -2.12. The molecule has 1 unspecified atom stereocenters. The van der Waals surface area contributed by atoms with E-state index in [0.717, 1.165) is 26.4 Å². The Labute approximate surface area is 124 Å². The highest BCUT2D eigenvalue weighted by atomic mass is 79.9. The zero-order chi connectivity index (χ0) is 13.8. The molecule has 3 nitrogen and oxygen atoms in total. The lowest BCUT2D eigenvalue weighted by molar-refractivity contribution is 0.223. The first-order chi connectivity index (χ1) is 9.15. The summed E-state index contributed by atoms with van der Waals surface area (Å²) in [7, 11) is 1.62. The highest BCUT2D eigenvalue weighted by Gasteiger charge is 2.15. The van der Waals surface area contributed by atoms with Crippen molar-refractivity contribution >= 4 is 27.3 Å². The minimum absolute atomic E-state index is 0.614. The van der Waals surface area contributed by atoms with Crippen LogP contribution in [0.3, 0.4) is 0 Å². The second-order valence-electron chi connectivity index (χ2n) is 3.91. The van der Waals surface area contributed by atoms with E-state index in [1.165, 1.54) is 11.3 Å². The zero-order valence-electron chi connectivity index (χ0n) is 10.7. The maximum Gasteiger partial charge on any atom is 0.133 e. The van der Waals surface area contributed by atoms with Crippen molar-refractivity contribution in [1.82, 2.24) is 0 Å². The number of halogens is 1. The molecule has 0 aliphatic carbocycles. The van der Waals surface area contributed by atoms with Crippen LogP contribution in [0.5, 0.6) is 11.5 Å². The van der Waals surface area contributed by atoms with Crippen LogP contribution in [-0.4, -0.2) is 18.8 Å². The maximum absolute atomic E-state index is 10.3. The molecule has 2 rings (SSSR count). The minimum Gasteiger partial charge on any atom is -0.496 e. The fourth-order valence-corrected chi connectivity index (χ4v) is 3.09. The molecule has 1 atom stereocenters. The molecule has 1 heterocycles. The van der Waals surface area contributed by atoms with Crippen molar-refractivity contribution in [3.8, 4) is 11.5 Å². The van der Waals surface area contributed by atoms with Crippen molar-refractivity contribution in [3.63, 3.8) is 0 Å². The maximum atomic E-state index is 10.3.